The molecule has 0 aromatic rings. The van der Waals surface area contributed by atoms with Crippen LogP contribution in [-0.2, 0) is 0 Å². The predicted octanol–water partition coefficient (Wildman–Crippen LogP) is 4.81. The Kier molecular flexibility index (Phi) is 34.9. The van der Waals surface area contributed by atoms with Gasteiger partial charge in [0.05, 0.1) is 0 Å². The summed E-state index contributed by atoms with van der Waals surface area (Å²) in [5.74, 6) is 0. The summed E-state index contributed by atoms with van der Waals surface area (Å²) in [5, 5.41) is 0. The van der Waals surface area contributed by atoms with Crippen molar-refractivity contribution in [1.82, 2.24) is 0 Å². The molecule has 0 radical (unpaired) electrons. The van der Waals surface area contributed by atoms with Gasteiger partial charge in [0, 0.05) is 0 Å². The third-order valence-electron chi connectivity index (χ3n) is 1.10. The largest absolute Gasteiger partial charge is 0.100 e. The molecule has 0 aliphatic carbocycles. The molecule has 0 heteroatoms. The van der Waals surface area contributed by atoms with E-state index in [1.807, 2.05) is 20.8 Å². The first kappa shape index (κ1) is 17.0. The van der Waals surface area contributed by atoms with Crippen LogP contribution in [0.15, 0.2) is 12.2 Å². The van der Waals surface area contributed by atoms with Crippen LogP contribution in [0.3, 0.4) is 0 Å². The van der Waals surface area contributed by atoms with Crippen molar-refractivity contribution < 1.29 is 0 Å². The second-order valence-electron chi connectivity index (χ2n) is 2.31. The van der Waals surface area contributed by atoms with Crippen molar-refractivity contribution >= 4 is 0 Å². The van der Waals surface area contributed by atoms with Crippen molar-refractivity contribution in [3.63, 3.8) is 0 Å². The second-order valence-corrected chi connectivity index (χ2v) is 2.31. The van der Waals surface area contributed by atoms with Gasteiger partial charge >= 0.3 is 0 Å². The lowest BCUT2D eigenvalue weighted by Crippen LogP contribution is -1.58. The molecule has 0 bridgehead atoms. The number of allylic oxidation sites excluding steroid dienone is 1. The Morgan fingerprint density at radius 2 is 1.18 bits per heavy atom. The van der Waals surface area contributed by atoms with Crippen molar-refractivity contribution in [2.24, 2.45) is 0 Å². The Morgan fingerprint density at radius 3 is 1.18 bits per heavy atom. The molecule has 0 aliphatic rings. The summed E-state index contributed by atoms with van der Waals surface area (Å²) in [6, 6.07) is 0. The van der Waals surface area contributed by atoms with Crippen molar-refractivity contribution in [3.8, 4) is 0 Å². The smallest absolute Gasteiger partial charge is 0.0354 e. The Bertz CT molecular complexity index is 51.1. The zero-order valence-corrected chi connectivity index (χ0v) is 9.33. The van der Waals surface area contributed by atoms with Crippen LogP contribution in [0.25, 0.3) is 0 Å². The topological polar surface area (TPSA) is 0 Å². The Balaban J connectivity index is -0.0000000965. The molecule has 0 nitrogen and oxygen atoms in total. The molecule has 11 heavy (non-hydrogen) atoms. The van der Waals surface area contributed by atoms with Crippen molar-refractivity contribution in [1.29, 1.82) is 0 Å². The van der Waals surface area contributed by atoms with E-state index < -0.39 is 0 Å². The SMILES string of the molecule is C=C(C)CC.CC.CCCC. The molecule has 0 atom stereocenters. The highest BCUT2D eigenvalue weighted by Gasteiger charge is 1.67. The molecular formula is C11H26. The Labute approximate surface area is 73.7 Å². The minimum atomic E-state index is 1.11. The normalized spacial score (nSPS) is 6.73. The van der Waals surface area contributed by atoms with Crippen LogP contribution in [-0.4, -0.2) is 0 Å². The van der Waals surface area contributed by atoms with E-state index in [2.05, 4.69) is 27.4 Å². The van der Waals surface area contributed by atoms with E-state index in [9.17, 15) is 0 Å². The number of hydrogen-bond acceptors (Lipinski definition) is 0. The summed E-state index contributed by atoms with van der Waals surface area (Å²) >= 11 is 0. The molecule has 0 heterocycles. The van der Waals surface area contributed by atoms with Gasteiger partial charge in [0.1, 0.15) is 0 Å². The number of unbranched alkanes of at least 4 members (excludes halogenated alkanes) is 1. The van der Waals surface area contributed by atoms with Crippen LogP contribution in [0, 0.1) is 0 Å². The monoisotopic (exact) mass is 158 g/mol. The zero-order chi connectivity index (χ0) is 9.70. The van der Waals surface area contributed by atoms with E-state index >= 15 is 0 Å². The lowest BCUT2D eigenvalue weighted by molar-refractivity contribution is 0.886. The molecule has 0 amide bonds. The molecule has 0 fully saturated rings. The number of rotatable bonds is 2. The van der Waals surface area contributed by atoms with Gasteiger partial charge in [0.2, 0.25) is 0 Å². The van der Waals surface area contributed by atoms with Crippen molar-refractivity contribution in [2.45, 2.75) is 60.8 Å². The van der Waals surface area contributed by atoms with E-state index in [1.54, 1.807) is 0 Å². The molecule has 0 unspecified atom stereocenters. The zero-order valence-electron chi connectivity index (χ0n) is 9.33. The maximum atomic E-state index is 3.67. The maximum Gasteiger partial charge on any atom is -0.0354 e. The van der Waals surface area contributed by atoms with Gasteiger partial charge in [-0.25, -0.2) is 0 Å². The fourth-order valence-corrected chi connectivity index (χ4v) is 0. The summed E-state index contributed by atoms with van der Waals surface area (Å²) in [4.78, 5) is 0. The minimum Gasteiger partial charge on any atom is -0.100 e. The second kappa shape index (κ2) is 22.6. The van der Waals surface area contributed by atoms with Crippen LogP contribution in [0.5, 0.6) is 0 Å². The van der Waals surface area contributed by atoms with Crippen LogP contribution < -0.4 is 0 Å². The maximum absolute atomic E-state index is 3.67. The first-order chi connectivity index (χ1) is 5.18. The van der Waals surface area contributed by atoms with Crippen molar-refractivity contribution in [2.75, 3.05) is 0 Å². The van der Waals surface area contributed by atoms with E-state index in [0.29, 0.717) is 0 Å². The lowest BCUT2D eigenvalue weighted by Gasteiger charge is -1.79. The quantitative estimate of drug-likeness (QED) is 0.506. The van der Waals surface area contributed by atoms with Crippen molar-refractivity contribution in [3.05, 3.63) is 12.2 Å². The van der Waals surface area contributed by atoms with Gasteiger partial charge < -0.3 is 0 Å². The Morgan fingerprint density at radius 1 is 1.00 bits per heavy atom. The lowest BCUT2D eigenvalue weighted by atomic mass is 10.3. The van der Waals surface area contributed by atoms with Crippen LogP contribution in [0.4, 0.5) is 0 Å². The third-order valence-corrected chi connectivity index (χ3v) is 1.10. The third kappa shape index (κ3) is 77.7. The van der Waals surface area contributed by atoms with E-state index in [0.717, 1.165) is 6.42 Å². The first-order valence-corrected chi connectivity index (χ1v) is 4.83. The average molecular weight is 158 g/mol. The number of hydrogen-bond donors (Lipinski definition) is 0. The summed E-state index contributed by atoms with van der Waals surface area (Å²) in [6.45, 7) is 16.2. The Hall–Kier alpha value is -0.260. The average Bonchev–Trinajstić information content (AvgIpc) is 2.08. The fraction of sp³-hybridized carbons (Fsp3) is 0.818. The molecule has 0 saturated heterocycles. The highest BCUT2D eigenvalue weighted by Crippen LogP contribution is 1.88. The molecule has 0 rings (SSSR count). The van der Waals surface area contributed by atoms with Gasteiger partial charge in [-0.1, -0.05) is 53.0 Å². The molecular weight excluding hydrogens is 132 g/mol. The standard InChI is InChI=1S/C5H10.C4H10.C2H6/c1-4-5(2)3;1-3-4-2;1-2/h2,4H2,1,3H3;3-4H2,1-2H3;1-2H3. The summed E-state index contributed by atoms with van der Waals surface area (Å²) in [6.07, 6.45) is 3.75. The molecule has 0 spiro atoms. The highest BCUT2D eigenvalue weighted by molar-refractivity contribution is 4.84. The molecule has 0 aromatic heterocycles. The summed E-state index contributed by atoms with van der Waals surface area (Å²) < 4.78 is 0. The molecule has 70 valence electrons. The van der Waals surface area contributed by atoms with Gasteiger partial charge in [-0.2, -0.15) is 0 Å². The summed E-state index contributed by atoms with van der Waals surface area (Å²) in [5.41, 5.74) is 1.25. The highest BCUT2D eigenvalue weighted by atomic mass is 13.7. The van der Waals surface area contributed by atoms with E-state index in [4.69, 9.17) is 0 Å². The van der Waals surface area contributed by atoms with Crippen LogP contribution in [0.1, 0.15) is 60.8 Å². The van der Waals surface area contributed by atoms with E-state index in [-0.39, 0.29) is 0 Å². The predicted molar refractivity (Wildman–Crippen MR) is 57.0 cm³/mol. The fourth-order valence-electron chi connectivity index (χ4n) is 0. The van der Waals surface area contributed by atoms with Gasteiger partial charge in [-0.3, -0.25) is 0 Å². The van der Waals surface area contributed by atoms with Gasteiger partial charge in [-0.05, 0) is 13.3 Å². The molecule has 0 N–H and O–H groups in total. The summed E-state index contributed by atoms with van der Waals surface area (Å²) in [7, 11) is 0. The first-order valence-electron chi connectivity index (χ1n) is 4.83. The minimum absolute atomic E-state index is 1.11. The molecule has 0 aliphatic heterocycles. The van der Waals surface area contributed by atoms with Crippen LogP contribution in [0.2, 0.25) is 0 Å². The van der Waals surface area contributed by atoms with Crippen LogP contribution >= 0.6 is 0 Å². The van der Waals surface area contributed by atoms with Gasteiger partial charge in [-0.15, -0.1) is 6.58 Å². The van der Waals surface area contributed by atoms with Gasteiger partial charge in [0.25, 0.3) is 0 Å². The molecule has 0 aromatic carbocycles. The van der Waals surface area contributed by atoms with Gasteiger partial charge in [0.15, 0.2) is 0 Å². The van der Waals surface area contributed by atoms with E-state index in [1.165, 1.54) is 18.4 Å². The molecule has 0 saturated carbocycles.